The molecule has 1 aliphatic carbocycles. The van der Waals surface area contributed by atoms with Gasteiger partial charge in [-0.2, -0.15) is 5.26 Å². The van der Waals surface area contributed by atoms with Gasteiger partial charge in [0.25, 0.3) is 0 Å². The van der Waals surface area contributed by atoms with E-state index in [4.69, 9.17) is 0 Å². The molecule has 1 heterocycles. The molecule has 0 atom stereocenters. The third-order valence-corrected chi connectivity index (χ3v) is 4.89. The molecule has 0 unspecified atom stereocenters. The molecule has 2 fully saturated rings. The molecule has 2 aliphatic rings. The Morgan fingerprint density at radius 2 is 1.90 bits per heavy atom. The molecule has 1 aromatic carbocycles. The van der Waals surface area contributed by atoms with Gasteiger partial charge in [-0.3, -0.25) is 4.90 Å². The van der Waals surface area contributed by atoms with Crippen molar-refractivity contribution in [2.75, 3.05) is 26.2 Å². The van der Waals surface area contributed by atoms with Crippen molar-refractivity contribution in [1.82, 2.24) is 10.2 Å². The van der Waals surface area contributed by atoms with Crippen molar-refractivity contribution in [1.29, 1.82) is 5.26 Å². The largest absolute Gasteiger partial charge is 0.315 e. The topological polar surface area (TPSA) is 39.1 Å². The number of benzene rings is 1. The van der Waals surface area contributed by atoms with Gasteiger partial charge in [-0.25, -0.2) is 0 Å². The quantitative estimate of drug-likeness (QED) is 0.872. The molecule has 3 nitrogen and oxygen atoms in total. The van der Waals surface area contributed by atoms with Crippen molar-refractivity contribution < 1.29 is 0 Å². The van der Waals surface area contributed by atoms with Gasteiger partial charge in [0.15, 0.2) is 0 Å². The van der Waals surface area contributed by atoms with E-state index in [0.29, 0.717) is 0 Å². The van der Waals surface area contributed by atoms with Crippen LogP contribution < -0.4 is 5.32 Å². The van der Waals surface area contributed by atoms with Gasteiger partial charge in [-0.05, 0) is 43.7 Å². The van der Waals surface area contributed by atoms with Gasteiger partial charge in [0.2, 0.25) is 0 Å². The molecule has 1 N–H and O–H groups in total. The highest BCUT2D eigenvalue weighted by atomic mass is 15.1. The Bertz CT molecular complexity index is 479. The minimum atomic E-state index is -0.137. The summed E-state index contributed by atoms with van der Waals surface area (Å²) in [6.07, 6.45) is 4.73. The summed E-state index contributed by atoms with van der Waals surface area (Å²) in [7, 11) is 0. The van der Waals surface area contributed by atoms with Crippen molar-refractivity contribution >= 4 is 0 Å². The molecule has 1 aromatic rings. The smallest absolute Gasteiger partial charge is 0.0722 e. The molecule has 3 rings (SSSR count). The predicted octanol–water partition coefficient (Wildman–Crippen LogP) is 2.79. The molecule has 0 bridgehead atoms. The van der Waals surface area contributed by atoms with E-state index in [1.54, 1.807) is 0 Å². The van der Waals surface area contributed by atoms with Crippen LogP contribution in [0.5, 0.6) is 0 Å². The maximum absolute atomic E-state index is 9.59. The van der Waals surface area contributed by atoms with Gasteiger partial charge in [0, 0.05) is 26.2 Å². The fourth-order valence-electron chi connectivity index (χ4n) is 3.15. The normalized spacial score (nSPS) is 21.9. The minimum Gasteiger partial charge on any atom is -0.315 e. The standard InChI is InChI=1S/C18H25N3/c19-14-18(15-20-12-16-6-7-16)8-10-21(11-9-18)13-17-4-2-1-3-5-17/h1-5,16,20H,6-13,15H2. The van der Waals surface area contributed by atoms with Crippen LogP contribution in [0.25, 0.3) is 0 Å². The first-order valence-electron chi connectivity index (χ1n) is 8.18. The van der Waals surface area contributed by atoms with Crippen molar-refractivity contribution in [2.45, 2.75) is 32.2 Å². The average Bonchev–Trinajstić information content (AvgIpc) is 3.35. The van der Waals surface area contributed by atoms with Gasteiger partial charge in [0.05, 0.1) is 11.5 Å². The van der Waals surface area contributed by atoms with Crippen LogP contribution in [0.2, 0.25) is 0 Å². The molecule has 0 radical (unpaired) electrons. The summed E-state index contributed by atoms with van der Waals surface area (Å²) < 4.78 is 0. The molecule has 1 saturated heterocycles. The number of piperidine rings is 1. The summed E-state index contributed by atoms with van der Waals surface area (Å²) in [5.41, 5.74) is 1.23. The number of nitrogens with one attached hydrogen (secondary N) is 1. The lowest BCUT2D eigenvalue weighted by Gasteiger charge is -2.37. The van der Waals surface area contributed by atoms with Crippen molar-refractivity contribution in [3.63, 3.8) is 0 Å². The Morgan fingerprint density at radius 1 is 1.19 bits per heavy atom. The maximum atomic E-state index is 9.59. The van der Waals surface area contributed by atoms with E-state index in [1.807, 2.05) is 0 Å². The Labute approximate surface area is 128 Å². The number of hydrogen-bond acceptors (Lipinski definition) is 3. The van der Waals surface area contributed by atoms with Gasteiger partial charge in [-0.1, -0.05) is 30.3 Å². The zero-order chi connectivity index (χ0) is 14.5. The van der Waals surface area contributed by atoms with Crippen LogP contribution in [0, 0.1) is 22.7 Å². The number of nitrogens with zero attached hydrogens (tertiary/aromatic N) is 2. The highest BCUT2D eigenvalue weighted by molar-refractivity contribution is 5.15. The molecule has 3 heteroatoms. The van der Waals surface area contributed by atoms with Gasteiger partial charge >= 0.3 is 0 Å². The van der Waals surface area contributed by atoms with Crippen LogP contribution in [0.1, 0.15) is 31.2 Å². The molecular weight excluding hydrogens is 258 g/mol. The van der Waals surface area contributed by atoms with Crippen LogP contribution in [-0.2, 0) is 6.54 Å². The van der Waals surface area contributed by atoms with E-state index in [1.165, 1.54) is 18.4 Å². The summed E-state index contributed by atoms with van der Waals surface area (Å²) in [6.45, 7) is 5.06. The number of nitriles is 1. The lowest BCUT2D eigenvalue weighted by atomic mass is 9.79. The Balaban J connectivity index is 1.47. The number of hydrogen-bond donors (Lipinski definition) is 1. The summed E-state index contributed by atoms with van der Waals surface area (Å²) in [4.78, 5) is 2.48. The van der Waals surface area contributed by atoms with Crippen molar-refractivity contribution in [3.8, 4) is 6.07 Å². The lowest BCUT2D eigenvalue weighted by molar-refractivity contribution is 0.136. The van der Waals surface area contributed by atoms with Crippen LogP contribution >= 0.6 is 0 Å². The molecular formula is C18H25N3. The molecule has 0 aromatic heterocycles. The van der Waals surface area contributed by atoms with Crippen molar-refractivity contribution in [2.24, 2.45) is 11.3 Å². The Hall–Kier alpha value is -1.37. The second-order valence-corrected chi connectivity index (χ2v) is 6.73. The first kappa shape index (κ1) is 14.6. The highest BCUT2D eigenvalue weighted by Crippen LogP contribution is 2.32. The van der Waals surface area contributed by atoms with E-state index in [2.05, 4.69) is 46.6 Å². The Kier molecular flexibility index (Phi) is 4.57. The Morgan fingerprint density at radius 3 is 2.52 bits per heavy atom. The van der Waals surface area contributed by atoms with E-state index < -0.39 is 0 Å². The summed E-state index contributed by atoms with van der Waals surface area (Å²) in [5.74, 6) is 0.888. The van der Waals surface area contributed by atoms with Crippen LogP contribution in [-0.4, -0.2) is 31.1 Å². The van der Waals surface area contributed by atoms with Crippen molar-refractivity contribution in [3.05, 3.63) is 35.9 Å². The molecule has 0 amide bonds. The fraction of sp³-hybridized carbons (Fsp3) is 0.611. The SMILES string of the molecule is N#CC1(CNCC2CC2)CCN(Cc2ccccc2)CC1. The summed E-state index contributed by atoms with van der Waals surface area (Å²) in [5, 5.41) is 13.1. The second-order valence-electron chi connectivity index (χ2n) is 6.73. The number of rotatable bonds is 6. The fourth-order valence-corrected chi connectivity index (χ4v) is 3.15. The zero-order valence-electron chi connectivity index (χ0n) is 12.7. The summed E-state index contributed by atoms with van der Waals surface area (Å²) in [6, 6.07) is 13.2. The van der Waals surface area contributed by atoms with Gasteiger partial charge in [-0.15, -0.1) is 0 Å². The van der Waals surface area contributed by atoms with E-state index in [9.17, 15) is 5.26 Å². The first-order chi connectivity index (χ1) is 10.3. The summed E-state index contributed by atoms with van der Waals surface area (Å²) >= 11 is 0. The van der Waals surface area contributed by atoms with Crippen LogP contribution in [0.3, 0.4) is 0 Å². The average molecular weight is 283 g/mol. The number of likely N-dealkylation sites (tertiary alicyclic amines) is 1. The van der Waals surface area contributed by atoms with Crippen LogP contribution in [0.4, 0.5) is 0 Å². The lowest BCUT2D eigenvalue weighted by Crippen LogP contribution is -2.44. The third kappa shape index (κ3) is 4.06. The third-order valence-electron chi connectivity index (χ3n) is 4.89. The molecule has 1 aliphatic heterocycles. The molecule has 0 spiro atoms. The molecule has 1 saturated carbocycles. The monoisotopic (exact) mass is 283 g/mol. The van der Waals surface area contributed by atoms with Gasteiger partial charge < -0.3 is 5.32 Å². The zero-order valence-corrected chi connectivity index (χ0v) is 12.7. The predicted molar refractivity (Wildman–Crippen MR) is 84.6 cm³/mol. The maximum Gasteiger partial charge on any atom is 0.0722 e. The van der Waals surface area contributed by atoms with E-state index in [-0.39, 0.29) is 5.41 Å². The van der Waals surface area contributed by atoms with E-state index in [0.717, 1.165) is 51.5 Å². The van der Waals surface area contributed by atoms with Gasteiger partial charge in [0.1, 0.15) is 0 Å². The molecule has 112 valence electrons. The first-order valence-corrected chi connectivity index (χ1v) is 8.18. The second kappa shape index (κ2) is 6.60. The minimum absolute atomic E-state index is 0.137. The highest BCUT2D eigenvalue weighted by Gasteiger charge is 2.35. The van der Waals surface area contributed by atoms with E-state index >= 15 is 0 Å². The van der Waals surface area contributed by atoms with Crippen LogP contribution in [0.15, 0.2) is 30.3 Å². The molecule has 21 heavy (non-hydrogen) atoms.